The zero-order valence-corrected chi connectivity index (χ0v) is 18.8. The van der Waals surface area contributed by atoms with Crippen molar-refractivity contribution in [3.8, 4) is 0 Å². The Balaban J connectivity index is 0.000000330. The van der Waals surface area contributed by atoms with E-state index in [2.05, 4.69) is 27.4 Å². The Morgan fingerprint density at radius 2 is 1.74 bits per heavy atom. The number of hydrogen-bond acceptors (Lipinski definition) is 5. The molecule has 0 amide bonds. The molecule has 6 heteroatoms. The molecular formula is C25H36N4O2. The van der Waals surface area contributed by atoms with Crippen molar-refractivity contribution in [2.75, 3.05) is 11.9 Å². The Kier molecular flexibility index (Phi) is 8.80. The van der Waals surface area contributed by atoms with Gasteiger partial charge in [0.15, 0.2) is 0 Å². The third-order valence-corrected chi connectivity index (χ3v) is 6.27. The summed E-state index contributed by atoms with van der Waals surface area (Å²) in [7, 11) is 0. The van der Waals surface area contributed by atoms with Crippen LogP contribution in [0.2, 0.25) is 0 Å². The van der Waals surface area contributed by atoms with Crippen LogP contribution in [0.4, 0.5) is 5.82 Å². The molecule has 0 radical (unpaired) electrons. The fourth-order valence-corrected chi connectivity index (χ4v) is 4.30. The number of pyridine rings is 1. The second-order valence-corrected chi connectivity index (χ2v) is 8.82. The lowest BCUT2D eigenvalue weighted by Gasteiger charge is -2.15. The van der Waals surface area contributed by atoms with Crippen LogP contribution in [0.1, 0.15) is 87.7 Å². The minimum atomic E-state index is -0.675. The molecule has 1 fully saturated rings. The molecule has 2 aromatic heterocycles. The smallest absolute Gasteiger partial charge is 0.303 e. The van der Waals surface area contributed by atoms with Crippen LogP contribution in [0.5, 0.6) is 0 Å². The van der Waals surface area contributed by atoms with Gasteiger partial charge in [-0.3, -0.25) is 4.79 Å². The van der Waals surface area contributed by atoms with Gasteiger partial charge in [0.05, 0.1) is 0 Å². The van der Waals surface area contributed by atoms with Crippen LogP contribution in [0.3, 0.4) is 0 Å². The highest BCUT2D eigenvalue weighted by atomic mass is 16.4. The lowest BCUT2D eigenvalue weighted by Crippen LogP contribution is -2.08. The molecule has 168 valence electrons. The fourth-order valence-electron chi connectivity index (χ4n) is 4.30. The van der Waals surface area contributed by atoms with E-state index in [0.29, 0.717) is 11.8 Å². The molecule has 1 aliphatic carbocycles. The number of rotatable bonds is 9. The van der Waals surface area contributed by atoms with Crippen molar-refractivity contribution in [1.82, 2.24) is 15.0 Å². The second-order valence-electron chi connectivity index (χ2n) is 8.82. The average molecular weight is 425 g/mol. The molecule has 1 saturated carbocycles. The second kappa shape index (κ2) is 11.8. The molecule has 0 aromatic carbocycles. The van der Waals surface area contributed by atoms with Crippen LogP contribution in [-0.2, 0) is 16.6 Å². The molecular weight excluding hydrogens is 388 g/mol. The van der Waals surface area contributed by atoms with Crippen LogP contribution in [-0.4, -0.2) is 32.6 Å². The molecule has 6 nitrogen and oxygen atoms in total. The monoisotopic (exact) mass is 424 g/mol. The number of nitrogens with zero attached hydrogens (tertiary/aromatic N) is 3. The first-order valence-corrected chi connectivity index (χ1v) is 11.8. The number of aromatic nitrogens is 3. The van der Waals surface area contributed by atoms with Gasteiger partial charge in [-0.1, -0.05) is 31.7 Å². The van der Waals surface area contributed by atoms with Crippen molar-refractivity contribution in [3.05, 3.63) is 47.7 Å². The van der Waals surface area contributed by atoms with Crippen LogP contribution in [0, 0.1) is 6.92 Å². The number of aliphatic carboxylic acids is 1. The van der Waals surface area contributed by atoms with Gasteiger partial charge in [0, 0.05) is 36.6 Å². The first kappa shape index (κ1) is 23.2. The van der Waals surface area contributed by atoms with Crippen molar-refractivity contribution in [1.29, 1.82) is 0 Å². The number of carbonyl (C=O) groups is 1. The molecule has 1 spiro atoms. The lowest BCUT2D eigenvalue weighted by atomic mass is 9.92. The minimum Gasteiger partial charge on any atom is -0.481 e. The average Bonchev–Trinajstić information content (AvgIpc) is 3.57. The van der Waals surface area contributed by atoms with Crippen LogP contribution < -0.4 is 5.32 Å². The Labute approximate surface area is 185 Å². The Hall–Kier alpha value is -2.50. The Morgan fingerprint density at radius 3 is 2.39 bits per heavy atom. The molecule has 0 saturated heterocycles. The maximum atomic E-state index is 10.4. The molecule has 0 bridgehead atoms. The molecule has 2 aliphatic rings. The van der Waals surface area contributed by atoms with Gasteiger partial charge in [0.25, 0.3) is 0 Å². The number of hydrogen-bond donors (Lipinski definition) is 2. The third kappa shape index (κ3) is 7.60. The van der Waals surface area contributed by atoms with Gasteiger partial charge in [-0.15, -0.1) is 0 Å². The number of aryl methyl sites for hydroxylation is 2. The van der Waals surface area contributed by atoms with Crippen molar-refractivity contribution in [3.63, 3.8) is 0 Å². The number of carboxylic acid groups (broad SMARTS) is 1. The molecule has 31 heavy (non-hydrogen) atoms. The summed E-state index contributed by atoms with van der Waals surface area (Å²) in [6, 6.07) is 6.36. The van der Waals surface area contributed by atoms with E-state index in [1.807, 2.05) is 6.92 Å². The number of unbranched alkanes of at least 4 members (excludes halogenated alkanes) is 5. The molecule has 0 unspecified atom stereocenters. The van der Waals surface area contributed by atoms with Crippen LogP contribution >= 0.6 is 0 Å². The van der Waals surface area contributed by atoms with Crippen molar-refractivity contribution < 1.29 is 9.90 Å². The van der Waals surface area contributed by atoms with Crippen LogP contribution in [0.15, 0.2) is 30.6 Å². The Bertz CT molecular complexity index is 822. The highest BCUT2D eigenvalue weighted by molar-refractivity contribution is 5.66. The van der Waals surface area contributed by atoms with E-state index < -0.39 is 5.97 Å². The predicted molar refractivity (Wildman–Crippen MR) is 123 cm³/mol. The lowest BCUT2D eigenvalue weighted by molar-refractivity contribution is -0.137. The summed E-state index contributed by atoms with van der Waals surface area (Å²) in [5, 5.41) is 12.1. The van der Waals surface area contributed by atoms with E-state index in [1.54, 1.807) is 18.5 Å². The molecule has 2 aromatic rings. The van der Waals surface area contributed by atoms with Gasteiger partial charge in [0.2, 0.25) is 0 Å². The van der Waals surface area contributed by atoms with Crippen molar-refractivity contribution in [2.24, 2.45) is 0 Å². The number of nitrogens with one attached hydrogen (secondary N) is 1. The largest absolute Gasteiger partial charge is 0.481 e. The summed E-state index contributed by atoms with van der Waals surface area (Å²) in [5.41, 5.74) is 3.13. The summed E-state index contributed by atoms with van der Waals surface area (Å²) < 4.78 is 0. The highest BCUT2D eigenvalue weighted by Crippen LogP contribution is 2.54. The first-order valence-electron chi connectivity index (χ1n) is 11.8. The topological polar surface area (TPSA) is 88.0 Å². The third-order valence-electron chi connectivity index (χ3n) is 6.27. The van der Waals surface area contributed by atoms with Crippen molar-refractivity contribution in [2.45, 2.75) is 89.4 Å². The summed E-state index contributed by atoms with van der Waals surface area (Å²) in [6.45, 7) is 2.92. The van der Waals surface area contributed by atoms with E-state index in [4.69, 9.17) is 10.1 Å². The SMILES string of the molecule is Cc1ncccn1.O=C(O)CCCCCCCCc1ccc2c(n1)NCCCC21CC1. The predicted octanol–water partition coefficient (Wildman–Crippen LogP) is 5.46. The van der Waals surface area contributed by atoms with E-state index in [-0.39, 0.29) is 0 Å². The standard InChI is InChI=1S/C20H30N2O2.C5H6N2/c23-18(24)9-6-4-2-1-3-5-8-16-10-11-17-19(22-16)21-15-7-12-20(17)13-14-20;1-5-6-3-2-4-7-5/h10-11H,1-9,12-15H2,(H,21,22)(H,23,24);2-4H,1H3. The van der Waals surface area contributed by atoms with E-state index >= 15 is 0 Å². The molecule has 4 rings (SSSR count). The Morgan fingerprint density at radius 1 is 1.03 bits per heavy atom. The van der Waals surface area contributed by atoms with Gasteiger partial charge in [-0.2, -0.15) is 0 Å². The maximum Gasteiger partial charge on any atom is 0.303 e. The van der Waals surface area contributed by atoms with Gasteiger partial charge >= 0.3 is 5.97 Å². The molecule has 0 atom stereocenters. The molecule has 2 N–H and O–H groups in total. The zero-order valence-electron chi connectivity index (χ0n) is 18.8. The summed E-state index contributed by atoms with van der Waals surface area (Å²) in [4.78, 5) is 23.1. The first-order chi connectivity index (χ1) is 15.1. The normalized spacial score (nSPS) is 15.8. The fraction of sp³-hybridized carbons (Fsp3) is 0.600. The number of fused-ring (bicyclic) bond motifs is 2. The molecule has 3 heterocycles. The summed E-state index contributed by atoms with van der Waals surface area (Å²) in [5.74, 6) is 1.30. The summed E-state index contributed by atoms with van der Waals surface area (Å²) in [6.07, 6.45) is 16.7. The quantitative estimate of drug-likeness (QED) is 0.520. The molecule has 1 aliphatic heterocycles. The highest BCUT2D eigenvalue weighted by Gasteiger charge is 2.46. The minimum absolute atomic E-state index is 0.313. The number of anilines is 1. The van der Waals surface area contributed by atoms with Gasteiger partial charge < -0.3 is 10.4 Å². The van der Waals surface area contributed by atoms with E-state index in [9.17, 15) is 4.79 Å². The van der Waals surface area contributed by atoms with Gasteiger partial charge in [0.1, 0.15) is 11.6 Å². The van der Waals surface area contributed by atoms with E-state index in [1.165, 1.54) is 56.2 Å². The van der Waals surface area contributed by atoms with Gasteiger partial charge in [-0.25, -0.2) is 15.0 Å². The zero-order chi connectivity index (χ0) is 21.9. The summed E-state index contributed by atoms with van der Waals surface area (Å²) >= 11 is 0. The number of carboxylic acids is 1. The van der Waals surface area contributed by atoms with E-state index in [0.717, 1.165) is 43.9 Å². The van der Waals surface area contributed by atoms with Gasteiger partial charge in [-0.05, 0) is 69.4 Å². The van der Waals surface area contributed by atoms with Crippen LogP contribution in [0.25, 0.3) is 0 Å². The maximum absolute atomic E-state index is 10.4. The van der Waals surface area contributed by atoms with Crippen molar-refractivity contribution >= 4 is 11.8 Å².